The molecule has 168 valence electrons. The second-order valence-corrected chi connectivity index (χ2v) is 9.04. The Bertz CT molecular complexity index is 1360. The number of hydrogen-bond acceptors (Lipinski definition) is 4. The number of thioether (sulfide) groups is 1. The van der Waals surface area contributed by atoms with Crippen LogP contribution in [-0.2, 0) is 4.79 Å². The number of aromatic nitrogens is 1. The molecule has 0 radical (unpaired) electrons. The van der Waals surface area contributed by atoms with Gasteiger partial charge in [-0.05, 0) is 78.5 Å². The van der Waals surface area contributed by atoms with E-state index in [0.717, 1.165) is 28.4 Å². The lowest BCUT2D eigenvalue weighted by Crippen LogP contribution is -2.28. The fraction of sp³-hybridized carbons (Fsp3) is 0.0714. The van der Waals surface area contributed by atoms with Gasteiger partial charge in [-0.3, -0.25) is 9.69 Å². The summed E-state index contributed by atoms with van der Waals surface area (Å²) in [5.74, 6) is -0.0819. The van der Waals surface area contributed by atoms with E-state index in [1.807, 2.05) is 99.2 Å². The number of hydrogen-bond donors (Lipinski definition) is 0. The van der Waals surface area contributed by atoms with E-state index in [1.54, 1.807) is 4.90 Å². The standard InChI is InChI=1S/C28H24N4OS/c1-30(2)22-15-17-23(18-16-22)31-19-9-14-25(31)20-26-27(33)32(24-12-7-4-8-13-24)28(34-26)29-21-10-5-3-6-11-21/h3-20H,1-2H3/b26-20-,29-28?. The van der Waals surface area contributed by atoms with Crippen molar-refractivity contribution in [3.8, 4) is 5.69 Å². The number of para-hydroxylation sites is 2. The molecule has 1 aliphatic rings. The second-order valence-electron chi connectivity index (χ2n) is 8.03. The van der Waals surface area contributed by atoms with Crippen molar-refractivity contribution in [3.63, 3.8) is 0 Å². The molecule has 0 bridgehead atoms. The van der Waals surface area contributed by atoms with E-state index < -0.39 is 0 Å². The van der Waals surface area contributed by atoms with Crippen molar-refractivity contribution in [3.05, 3.63) is 114 Å². The van der Waals surface area contributed by atoms with Gasteiger partial charge >= 0.3 is 0 Å². The Labute approximate surface area is 203 Å². The maximum atomic E-state index is 13.5. The van der Waals surface area contributed by atoms with Crippen LogP contribution >= 0.6 is 11.8 Å². The van der Waals surface area contributed by atoms with E-state index in [2.05, 4.69) is 33.7 Å². The van der Waals surface area contributed by atoms with Gasteiger partial charge in [0.1, 0.15) is 0 Å². The van der Waals surface area contributed by atoms with Crippen molar-refractivity contribution in [1.82, 2.24) is 4.57 Å². The molecule has 0 spiro atoms. The number of anilines is 2. The van der Waals surface area contributed by atoms with Crippen molar-refractivity contribution in [1.29, 1.82) is 0 Å². The summed E-state index contributed by atoms with van der Waals surface area (Å²) in [6, 6.07) is 31.7. The van der Waals surface area contributed by atoms with Gasteiger partial charge < -0.3 is 9.47 Å². The van der Waals surface area contributed by atoms with E-state index in [4.69, 9.17) is 4.99 Å². The molecule has 1 fully saturated rings. The van der Waals surface area contributed by atoms with Crippen LogP contribution in [0.15, 0.2) is 113 Å². The molecule has 3 aromatic carbocycles. The number of rotatable bonds is 5. The van der Waals surface area contributed by atoms with E-state index in [1.165, 1.54) is 11.8 Å². The van der Waals surface area contributed by atoms with E-state index in [0.29, 0.717) is 10.1 Å². The first-order valence-electron chi connectivity index (χ1n) is 11.0. The first-order valence-corrected chi connectivity index (χ1v) is 11.8. The largest absolute Gasteiger partial charge is 0.378 e. The van der Waals surface area contributed by atoms with Crippen LogP contribution in [0.3, 0.4) is 0 Å². The molecule has 0 N–H and O–H groups in total. The summed E-state index contributed by atoms with van der Waals surface area (Å²) < 4.78 is 2.08. The van der Waals surface area contributed by atoms with Gasteiger partial charge in [-0.2, -0.15) is 0 Å². The molecule has 34 heavy (non-hydrogen) atoms. The monoisotopic (exact) mass is 464 g/mol. The van der Waals surface area contributed by atoms with Crippen LogP contribution in [0.2, 0.25) is 0 Å². The van der Waals surface area contributed by atoms with Crippen molar-refractivity contribution in [2.75, 3.05) is 23.9 Å². The van der Waals surface area contributed by atoms with Crippen LogP contribution < -0.4 is 9.80 Å². The Morgan fingerprint density at radius 2 is 1.47 bits per heavy atom. The van der Waals surface area contributed by atoms with Gasteiger partial charge in [0.25, 0.3) is 5.91 Å². The Morgan fingerprint density at radius 3 is 2.15 bits per heavy atom. The average Bonchev–Trinajstić information content (AvgIpc) is 3.45. The highest BCUT2D eigenvalue weighted by Gasteiger charge is 2.34. The summed E-state index contributed by atoms with van der Waals surface area (Å²) in [6.45, 7) is 0. The Balaban J connectivity index is 1.53. The average molecular weight is 465 g/mol. The molecule has 1 aliphatic heterocycles. The summed E-state index contributed by atoms with van der Waals surface area (Å²) in [5.41, 5.74) is 4.72. The molecule has 1 saturated heterocycles. The molecule has 4 aromatic rings. The van der Waals surface area contributed by atoms with Crippen molar-refractivity contribution in [2.45, 2.75) is 0 Å². The number of aliphatic imine (C=N–C) groups is 1. The third kappa shape index (κ3) is 4.40. The van der Waals surface area contributed by atoms with Gasteiger partial charge in [-0.1, -0.05) is 36.4 Å². The maximum absolute atomic E-state index is 13.5. The molecule has 0 atom stereocenters. The second kappa shape index (κ2) is 9.45. The molecular weight excluding hydrogens is 440 g/mol. The van der Waals surface area contributed by atoms with Gasteiger partial charge in [0.15, 0.2) is 5.17 Å². The van der Waals surface area contributed by atoms with E-state index >= 15 is 0 Å². The summed E-state index contributed by atoms with van der Waals surface area (Å²) in [4.78, 5) is 22.7. The predicted molar refractivity (Wildman–Crippen MR) is 143 cm³/mol. The number of carbonyl (C=O) groups is 1. The lowest BCUT2D eigenvalue weighted by atomic mass is 10.2. The number of amidine groups is 1. The van der Waals surface area contributed by atoms with Crippen molar-refractivity contribution < 1.29 is 4.79 Å². The van der Waals surface area contributed by atoms with Crippen molar-refractivity contribution >= 4 is 46.0 Å². The lowest BCUT2D eigenvalue weighted by Gasteiger charge is -2.15. The molecule has 5 nitrogen and oxygen atoms in total. The molecule has 1 amide bonds. The van der Waals surface area contributed by atoms with Gasteiger partial charge in [0, 0.05) is 37.4 Å². The Morgan fingerprint density at radius 1 is 0.794 bits per heavy atom. The first kappa shape index (κ1) is 21.8. The minimum atomic E-state index is -0.0819. The molecule has 5 rings (SSSR count). The van der Waals surface area contributed by atoms with Crippen LogP contribution in [0.4, 0.5) is 17.1 Å². The Kier molecular flexibility index (Phi) is 6.06. The SMILES string of the molecule is CN(C)c1ccc(-n2cccc2/C=C2\SC(=Nc3ccccc3)N(c3ccccc3)C2=O)cc1. The van der Waals surface area contributed by atoms with Gasteiger partial charge in [-0.25, -0.2) is 4.99 Å². The van der Waals surface area contributed by atoms with Gasteiger partial charge in [-0.15, -0.1) is 0 Å². The minimum Gasteiger partial charge on any atom is -0.378 e. The Hall–Kier alpha value is -4.03. The fourth-order valence-corrected chi connectivity index (χ4v) is 4.74. The fourth-order valence-electron chi connectivity index (χ4n) is 3.76. The predicted octanol–water partition coefficient (Wildman–Crippen LogP) is 6.35. The van der Waals surface area contributed by atoms with E-state index in [-0.39, 0.29) is 5.91 Å². The van der Waals surface area contributed by atoms with Crippen LogP contribution in [-0.4, -0.2) is 29.7 Å². The topological polar surface area (TPSA) is 40.8 Å². The number of carbonyl (C=O) groups excluding carboxylic acids is 1. The third-order valence-electron chi connectivity index (χ3n) is 5.51. The number of benzene rings is 3. The highest BCUT2D eigenvalue weighted by molar-refractivity contribution is 8.19. The first-order chi connectivity index (χ1) is 16.6. The summed E-state index contributed by atoms with van der Waals surface area (Å²) in [5, 5.41) is 0.641. The maximum Gasteiger partial charge on any atom is 0.271 e. The zero-order valence-corrected chi connectivity index (χ0v) is 19.8. The minimum absolute atomic E-state index is 0.0819. The van der Waals surface area contributed by atoms with Crippen LogP contribution in [0.25, 0.3) is 11.8 Å². The zero-order chi connectivity index (χ0) is 23.5. The smallest absolute Gasteiger partial charge is 0.271 e. The van der Waals surface area contributed by atoms with E-state index in [9.17, 15) is 4.79 Å². The highest BCUT2D eigenvalue weighted by Crippen LogP contribution is 2.37. The van der Waals surface area contributed by atoms with Gasteiger partial charge in [0.2, 0.25) is 0 Å². The summed E-state index contributed by atoms with van der Waals surface area (Å²) in [6.07, 6.45) is 3.95. The van der Waals surface area contributed by atoms with Crippen LogP contribution in [0.5, 0.6) is 0 Å². The molecular formula is C28H24N4OS. The van der Waals surface area contributed by atoms with Crippen LogP contribution in [0, 0.1) is 0 Å². The van der Waals surface area contributed by atoms with Crippen LogP contribution in [0.1, 0.15) is 5.69 Å². The normalized spacial score (nSPS) is 15.9. The molecule has 1 aromatic heterocycles. The molecule has 0 aliphatic carbocycles. The molecule has 0 saturated carbocycles. The highest BCUT2D eigenvalue weighted by atomic mass is 32.2. The lowest BCUT2D eigenvalue weighted by molar-refractivity contribution is -0.113. The zero-order valence-electron chi connectivity index (χ0n) is 19.0. The van der Waals surface area contributed by atoms with Gasteiger partial charge in [0.05, 0.1) is 16.3 Å². The molecule has 0 unspecified atom stereocenters. The summed E-state index contributed by atoms with van der Waals surface area (Å²) in [7, 11) is 4.05. The molecule has 2 heterocycles. The quantitative estimate of drug-likeness (QED) is 0.323. The van der Waals surface area contributed by atoms with Crippen molar-refractivity contribution in [2.24, 2.45) is 4.99 Å². The molecule has 6 heteroatoms. The number of amides is 1. The number of nitrogens with zero attached hydrogens (tertiary/aromatic N) is 4. The third-order valence-corrected chi connectivity index (χ3v) is 6.47. The summed E-state index contributed by atoms with van der Waals surface area (Å²) >= 11 is 1.39.